The SMILES string of the molecule is CC(C)c1cc(Nc2nc(N3CCC[C@H](N)C3)ncc2C(N)=O)cc(C2CCOCC2)n1. The van der Waals surface area contributed by atoms with Crippen LogP contribution in [0.25, 0.3) is 0 Å². The van der Waals surface area contributed by atoms with E-state index in [4.69, 9.17) is 21.2 Å². The summed E-state index contributed by atoms with van der Waals surface area (Å²) in [5.74, 6) is 1.00. The molecule has 4 rings (SSSR count). The van der Waals surface area contributed by atoms with E-state index in [1.54, 1.807) is 0 Å². The van der Waals surface area contributed by atoms with Crippen LogP contribution in [0.5, 0.6) is 0 Å². The highest BCUT2D eigenvalue weighted by molar-refractivity contribution is 5.98. The fraction of sp³-hybridized carbons (Fsp3) is 0.565. The number of rotatable bonds is 6. The Morgan fingerprint density at radius 3 is 2.69 bits per heavy atom. The number of anilines is 3. The van der Waals surface area contributed by atoms with Gasteiger partial charge in [-0.1, -0.05) is 13.8 Å². The fourth-order valence-electron chi connectivity index (χ4n) is 4.27. The largest absolute Gasteiger partial charge is 0.381 e. The van der Waals surface area contributed by atoms with Crippen molar-refractivity contribution in [2.24, 2.45) is 11.5 Å². The molecule has 2 aromatic heterocycles. The van der Waals surface area contributed by atoms with E-state index in [-0.39, 0.29) is 17.5 Å². The molecule has 9 nitrogen and oxygen atoms in total. The number of carbonyl (C=O) groups excluding carboxylic acids is 1. The van der Waals surface area contributed by atoms with E-state index in [1.165, 1.54) is 6.20 Å². The van der Waals surface area contributed by atoms with E-state index in [9.17, 15) is 4.79 Å². The normalized spacial score (nSPS) is 19.9. The molecule has 4 heterocycles. The second-order valence-electron chi connectivity index (χ2n) is 9.02. The lowest BCUT2D eigenvalue weighted by Crippen LogP contribution is -2.43. The van der Waals surface area contributed by atoms with Crippen molar-refractivity contribution in [3.63, 3.8) is 0 Å². The number of nitrogens with zero attached hydrogens (tertiary/aromatic N) is 4. The molecule has 1 atom stereocenters. The molecule has 0 saturated carbocycles. The number of hydrogen-bond acceptors (Lipinski definition) is 8. The van der Waals surface area contributed by atoms with Crippen LogP contribution in [0.4, 0.5) is 17.5 Å². The molecule has 2 aliphatic rings. The van der Waals surface area contributed by atoms with Gasteiger partial charge in [0.15, 0.2) is 0 Å². The molecule has 0 bridgehead atoms. The van der Waals surface area contributed by atoms with Crippen LogP contribution in [0.2, 0.25) is 0 Å². The molecule has 32 heavy (non-hydrogen) atoms. The Bertz CT molecular complexity index is 959. The number of nitrogens with one attached hydrogen (secondary N) is 1. The van der Waals surface area contributed by atoms with E-state index in [0.29, 0.717) is 24.2 Å². The van der Waals surface area contributed by atoms with Gasteiger partial charge in [0.25, 0.3) is 5.91 Å². The van der Waals surface area contributed by atoms with E-state index in [1.807, 2.05) is 12.1 Å². The van der Waals surface area contributed by atoms with Gasteiger partial charge in [-0.05, 0) is 43.7 Å². The maximum Gasteiger partial charge on any atom is 0.254 e. The lowest BCUT2D eigenvalue weighted by Gasteiger charge is -2.31. The van der Waals surface area contributed by atoms with Crippen LogP contribution in [0, 0.1) is 0 Å². The minimum atomic E-state index is -0.572. The van der Waals surface area contributed by atoms with E-state index in [2.05, 4.69) is 34.0 Å². The maximum absolute atomic E-state index is 12.1. The van der Waals surface area contributed by atoms with E-state index in [0.717, 1.165) is 62.5 Å². The predicted octanol–water partition coefficient (Wildman–Crippen LogP) is 2.66. The van der Waals surface area contributed by atoms with Crippen molar-refractivity contribution in [3.05, 3.63) is 35.3 Å². The summed E-state index contributed by atoms with van der Waals surface area (Å²) in [5.41, 5.74) is 14.9. The van der Waals surface area contributed by atoms with Gasteiger partial charge < -0.3 is 26.4 Å². The second-order valence-corrected chi connectivity index (χ2v) is 9.02. The summed E-state index contributed by atoms with van der Waals surface area (Å²) >= 11 is 0. The summed E-state index contributed by atoms with van der Waals surface area (Å²) in [4.78, 5) is 28.1. The van der Waals surface area contributed by atoms with Gasteiger partial charge in [-0.2, -0.15) is 4.98 Å². The number of ether oxygens (including phenoxy) is 1. The average molecular weight is 440 g/mol. The van der Waals surface area contributed by atoms with Gasteiger partial charge in [0.1, 0.15) is 11.4 Å². The first-order valence-electron chi connectivity index (χ1n) is 11.4. The molecule has 9 heteroatoms. The zero-order valence-corrected chi connectivity index (χ0v) is 18.9. The van der Waals surface area contributed by atoms with Crippen molar-refractivity contribution in [2.75, 3.05) is 36.5 Å². The van der Waals surface area contributed by atoms with Crippen LogP contribution >= 0.6 is 0 Å². The molecule has 1 amide bonds. The summed E-state index contributed by atoms with van der Waals surface area (Å²) < 4.78 is 5.52. The number of primary amides is 1. The first kappa shape index (κ1) is 22.4. The van der Waals surface area contributed by atoms with Crippen LogP contribution in [-0.2, 0) is 4.74 Å². The summed E-state index contributed by atoms with van der Waals surface area (Å²) in [6.45, 7) is 7.27. The fourth-order valence-corrected chi connectivity index (χ4v) is 4.27. The zero-order valence-electron chi connectivity index (χ0n) is 18.9. The molecule has 2 fully saturated rings. The Morgan fingerprint density at radius 2 is 2.00 bits per heavy atom. The smallest absolute Gasteiger partial charge is 0.254 e. The minimum absolute atomic E-state index is 0.0930. The highest BCUT2D eigenvalue weighted by Gasteiger charge is 2.23. The number of hydrogen-bond donors (Lipinski definition) is 3. The Balaban J connectivity index is 1.67. The van der Waals surface area contributed by atoms with Gasteiger partial charge in [0, 0.05) is 61.5 Å². The molecular weight excluding hydrogens is 406 g/mol. The predicted molar refractivity (Wildman–Crippen MR) is 124 cm³/mol. The lowest BCUT2D eigenvalue weighted by atomic mass is 9.94. The average Bonchev–Trinajstić information content (AvgIpc) is 2.79. The molecular formula is C23H33N7O2. The van der Waals surface area contributed by atoms with Crippen molar-refractivity contribution in [2.45, 2.75) is 57.4 Å². The highest BCUT2D eigenvalue weighted by Crippen LogP contribution is 2.31. The summed E-state index contributed by atoms with van der Waals surface area (Å²) in [6.07, 6.45) is 5.38. The molecule has 0 unspecified atom stereocenters. The molecule has 0 aliphatic carbocycles. The molecule has 0 radical (unpaired) electrons. The Hall–Kier alpha value is -2.78. The first-order chi connectivity index (χ1) is 15.4. The minimum Gasteiger partial charge on any atom is -0.381 e. The van der Waals surface area contributed by atoms with Gasteiger partial charge in [-0.25, -0.2) is 4.98 Å². The summed E-state index contributed by atoms with van der Waals surface area (Å²) in [5, 5.41) is 3.34. The standard InChI is InChI=1S/C23H33N7O2/c1-14(2)19-10-17(11-20(28-19)15-5-8-32-9-6-15)27-22-18(21(25)31)12-26-23(29-22)30-7-3-4-16(24)13-30/h10-12,14-16H,3-9,13,24H2,1-2H3,(H2,25,31)(H,26,27,28,29)/t16-/m0/s1. The molecule has 0 spiro atoms. The quantitative estimate of drug-likeness (QED) is 0.626. The molecule has 2 aromatic rings. The third-order valence-corrected chi connectivity index (χ3v) is 6.14. The topological polar surface area (TPSA) is 132 Å². The van der Waals surface area contributed by atoms with Gasteiger partial charge in [0.2, 0.25) is 5.95 Å². The summed E-state index contributed by atoms with van der Waals surface area (Å²) in [6, 6.07) is 4.15. The molecule has 0 aromatic carbocycles. The van der Waals surface area contributed by atoms with Crippen molar-refractivity contribution >= 4 is 23.4 Å². The van der Waals surface area contributed by atoms with Crippen molar-refractivity contribution < 1.29 is 9.53 Å². The number of piperidine rings is 1. The molecule has 2 saturated heterocycles. The number of aromatic nitrogens is 3. The van der Waals surface area contributed by atoms with E-state index >= 15 is 0 Å². The number of pyridine rings is 1. The van der Waals surface area contributed by atoms with Crippen LogP contribution in [0.1, 0.15) is 73.1 Å². The zero-order chi connectivity index (χ0) is 22.7. The lowest BCUT2D eigenvalue weighted by molar-refractivity contribution is 0.0844. The maximum atomic E-state index is 12.1. The van der Waals surface area contributed by atoms with E-state index < -0.39 is 5.91 Å². The Morgan fingerprint density at radius 1 is 1.22 bits per heavy atom. The monoisotopic (exact) mass is 439 g/mol. The third kappa shape index (κ3) is 5.16. The van der Waals surface area contributed by atoms with Crippen molar-refractivity contribution in [3.8, 4) is 0 Å². The third-order valence-electron chi connectivity index (χ3n) is 6.14. The second kappa shape index (κ2) is 9.79. The number of nitrogens with two attached hydrogens (primary N) is 2. The van der Waals surface area contributed by atoms with Gasteiger partial charge >= 0.3 is 0 Å². The van der Waals surface area contributed by atoms with Crippen LogP contribution < -0.4 is 21.7 Å². The van der Waals surface area contributed by atoms with Crippen LogP contribution in [-0.4, -0.2) is 53.2 Å². The van der Waals surface area contributed by atoms with Gasteiger partial charge in [-0.3, -0.25) is 9.78 Å². The summed E-state index contributed by atoms with van der Waals surface area (Å²) in [7, 11) is 0. The number of amides is 1. The van der Waals surface area contributed by atoms with Crippen molar-refractivity contribution in [1.82, 2.24) is 15.0 Å². The molecule has 5 N–H and O–H groups in total. The first-order valence-corrected chi connectivity index (χ1v) is 11.4. The van der Waals surface area contributed by atoms with Gasteiger partial charge in [-0.15, -0.1) is 0 Å². The van der Waals surface area contributed by atoms with Gasteiger partial charge in [0.05, 0.1) is 0 Å². The number of carbonyl (C=O) groups is 1. The molecule has 172 valence electrons. The highest BCUT2D eigenvalue weighted by atomic mass is 16.5. The molecule has 2 aliphatic heterocycles. The van der Waals surface area contributed by atoms with Crippen LogP contribution in [0.15, 0.2) is 18.3 Å². The van der Waals surface area contributed by atoms with Crippen molar-refractivity contribution in [1.29, 1.82) is 0 Å². The Labute approximate surface area is 189 Å². The Kier molecular flexibility index (Phi) is 6.86. The van der Waals surface area contributed by atoms with Crippen LogP contribution in [0.3, 0.4) is 0 Å².